The minimum absolute atomic E-state index is 0.0476. The Hall–Kier alpha value is -0.330. The van der Waals surface area contributed by atoms with Crippen molar-refractivity contribution in [3.05, 3.63) is 0 Å². The minimum atomic E-state index is -0.205. The lowest BCUT2D eigenvalue weighted by molar-refractivity contribution is -0.118. The third kappa shape index (κ3) is 6.42. The maximum atomic E-state index is 11.6. The van der Waals surface area contributed by atoms with E-state index < -0.39 is 0 Å². The van der Waals surface area contributed by atoms with E-state index in [2.05, 4.69) is 10.3 Å². The molecule has 0 radical (unpaired) electrons. The zero-order valence-electron chi connectivity index (χ0n) is 14.2. The van der Waals surface area contributed by atoms with Crippen LogP contribution >= 0.6 is 23.5 Å². The first kappa shape index (κ1) is 19.7. The fourth-order valence-corrected chi connectivity index (χ4v) is 5.57. The number of thioether (sulfide) groups is 2. The third-order valence-electron chi connectivity index (χ3n) is 3.82. The molecule has 0 aliphatic heterocycles. The molecule has 1 fully saturated rings. The van der Waals surface area contributed by atoms with Crippen molar-refractivity contribution in [2.45, 2.75) is 63.1 Å². The lowest BCUT2D eigenvalue weighted by Crippen LogP contribution is -2.38. The number of hydrogen-bond acceptors (Lipinski definition) is 6. The fraction of sp³-hybridized carbons (Fsp3) is 0.812. The van der Waals surface area contributed by atoms with E-state index >= 15 is 0 Å². The van der Waals surface area contributed by atoms with E-state index in [0.29, 0.717) is 10.5 Å². The summed E-state index contributed by atoms with van der Waals surface area (Å²) in [5.74, 6) is 1.94. The number of aliphatic imine (C=N–C) groups is 1. The van der Waals surface area contributed by atoms with Crippen LogP contribution in [0.25, 0.3) is 0 Å². The van der Waals surface area contributed by atoms with Crippen LogP contribution in [0.4, 0.5) is 0 Å². The molecule has 4 unspecified atom stereocenters. The molecule has 1 aliphatic rings. The molecule has 1 N–H and O–H groups in total. The molecule has 0 heterocycles. The van der Waals surface area contributed by atoms with Crippen LogP contribution < -0.4 is 5.32 Å². The number of carbonyl (C=O) groups excluding carboxylic acids is 2. The SMILES string of the molecule is CNC(CSC1CCC1SCC(N=C(C)C)C(C)=O)C(C)=O. The molecule has 0 spiro atoms. The van der Waals surface area contributed by atoms with Crippen molar-refractivity contribution in [3.63, 3.8) is 0 Å². The number of nitrogens with one attached hydrogen (secondary N) is 1. The summed E-state index contributed by atoms with van der Waals surface area (Å²) in [6.07, 6.45) is 2.41. The summed E-state index contributed by atoms with van der Waals surface area (Å²) in [4.78, 5) is 27.5. The Morgan fingerprint density at radius 3 is 1.95 bits per heavy atom. The van der Waals surface area contributed by atoms with Crippen LogP contribution in [0, 0.1) is 0 Å². The van der Waals surface area contributed by atoms with Crippen molar-refractivity contribution in [1.82, 2.24) is 5.32 Å². The van der Waals surface area contributed by atoms with Crippen molar-refractivity contribution in [3.8, 4) is 0 Å². The van der Waals surface area contributed by atoms with Gasteiger partial charge in [-0.2, -0.15) is 23.5 Å². The molecule has 6 heteroatoms. The van der Waals surface area contributed by atoms with Crippen LogP contribution in [0.3, 0.4) is 0 Å². The van der Waals surface area contributed by atoms with Crippen LogP contribution in [0.2, 0.25) is 0 Å². The maximum Gasteiger partial charge on any atom is 0.155 e. The monoisotopic (exact) mass is 344 g/mol. The van der Waals surface area contributed by atoms with Gasteiger partial charge in [-0.15, -0.1) is 0 Å². The second-order valence-corrected chi connectivity index (χ2v) is 8.52. The largest absolute Gasteiger partial charge is 0.310 e. The van der Waals surface area contributed by atoms with Gasteiger partial charge in [-0.1, -0.05) is 0 Å². The van der Waals surface area contributed by atoms with Crippen molar-refractivity contribution < 1.29 is 9.59 Å². The molecule has 1 aliphatic carbocycles. The highest BCUT2D eigenvalue weighted by Crippen LogP contribution is 2.40. The lowest BCUT2D eigenvalue weighted by atomic mass is 9.99. The van der Waals surface area contributed by atoms with E-state index in [1.165, 1.54) is 12.8 Å². The smallest absolute Gasteiger partial charge is 0.155 e. The molecular weight excluding hydrogens is 316 g/mol. The van der Waals surface area contributed by atoms with Gasteiger partial charge in [-0.05, 0) is 47.6 Å². The van der Waals surface area contributed by atoms with E-state index in [-0.39, 0.29) is 23.7 Å². The van der Waals surface area contributed by atoms with Gasteiger partial charge in [0.1, 0.15) is 11.8 Å². The number of rotatable bonds is 10. The summed E-state index contributed by atoms with van der Waals surface area (Å²) in [5.41, 5.74) is 0.957. The first-order valence-electron chi connectivity index (χ1n) is 7.77. The summed E-state index contributed by atoms with van der Waals surface area (Å²) in [7, 11) is 1.84. The molecule has 22 heavy (non-hydrogen) atoms. The number of nitrogens with zero attached hydrogens (tertiary/aromatic N) is 1. The maximum absolute atomic E-state index is 11.6. The molecule has 4 nitrogen and oxygen atoms in total. The summed E-state index contributed by atoms with van der Waals surface area (Å²) >= 11 is 3.74. The molecular formula is C16H28N2O2S2. The standard InChI is InChI=1S/C16H28N2O2S2/c1-10(2)18-14(12(4)20)9-22-16-7-6-15(16)21-8-13(17-5)11(3)19/h13-17H,6-9H2,1-5H3. The third-order valence-corrected chi connectivity index (χ3v) is 7.01. The molecule has 0 bridgehead atoms. The number of likely N-dealkylation sites (N-methyl/N-ethyl adjacent to an activating group) is 1. The highest BCUT2D eigenvalue weighted by molar-refractivity contribution is 8.04. The summed E-state index contributed by atoms with van der Waals surface area (Å²) in [6.45, 7) is 7.12. The average Bonchev–Trinajstić information content (AvgIpc) is 2.40. The van der Waals surface area contributed by atoms with Crippen LogP contribution in [0.15, 0.2) is 4.99 Å². The van der Waals surface area contributed by atoms with Gasteiger partial charge >= 0.3 is 0 Å². The first-order valence-corrected chi connectivity index (χ1v) is 9.87. The first-order chi connectivity index (χ1) is 10.3. The Bertz CT molecular complexity index is 422. The molecule has 1 rings (SSSR count). The normalized spacial score (nSPS) is 23.3. The summed E-state index contributed by atoms with van der Waals surface area (Å²) < 4.78 is 0. The van der Waals surface area contributed by atoms with Crippen LogP contribution in [0.1, 0.15) is 40.5 Å². The molecule has 0 amide bonds. The number of hydrogen-bond donors (Lipinski definition) is 1. The lowest BCUT2D eigenvalue weighted by Gasteiger charge is -2.36. The van der Waals surface area contributed by atoms with Gasteiger partial charge in [-0.3, -0.25) is 14.6 Å². The van der Waals surface area contributed by atoms with Crippen LogP contribution in [-0.4, -0.2) is 58.4 Å². The summed E-state index contributed by atoms with van der Waals surface area (Å²) in [5, 5.41) is 4.25. The molecule has 0 aromatic carbocycles. The number of carbonyl (C=O) groups is 2. The van der Waals surface area contributed by atoms with Gasteiger partial charge < -0.3 is 5.32 Å². The van der Waals surface area contributed by atoms with Gasteiger partial charge in [-0.25, -0.2) is 0 Å². The van der Waals surface area contributed by atoms with Gasteiger partial charge in [0.15, 0.2) is 5.78 Å². The quantitative estimate of drug-likeness (QED) is 0.617. The van der Waals surface area contributed by atoms with Crippen LogP contribution in [-0.2, 0) is 9.59 Å². The zero-order valence-corrected chi connectivity index (χ0v) is 15.9. The van der Waals surface area contributed by atoms with Crippen molar-refractivity contribution in [2.24, 2.45) is 4.99 Å². The van der Waals surface area contributed by atoms with E-state index in [0.717, 1.165) is 17.2 Å². The Morgan fingerprint density at radius 2 is 1.59 bits per heavy atom. The second-order valence-electron chi connectivity index (χ2n) is 5.98. The molecule has 4 atom stereocenters. The predicted octanol–water partition coefficient (Wildman–Crippen LogP) is 2.60. The molecule has 0 aromatic heterocycles. The Labute approximate surface area is 142 Å². The Kier molecular flexibility index (Phi) is 8.72. The van der Waals surface area contributed by atoms with Crippen molar-refractivity contribution in [1.29, 1.82) is 0 Å². The Morgan fingerprint density at radius 1 is 1.05 bits per heavy atom. The van der Waals surface area contributed by atoms with Gasteiger partial charge in [0, 0.05) is 27.7 Å². The number of Topliss-reactive ketones (excluding diaryl/α,β-unsaturated/α-hetero) is 2. The zero-order chi connectivity index (χ0) is 16.7. The topological polar surface area (TPSA) is 58.5 Å². The Balaban J connectivity index is 2.39. The van der Waals surface area contributed by atoms with E-state index in [1.54, 1.807) is 13.8 Å². The molecule has 126 valence electrons. The van der Waals surface area contributed by atoms with Gasteiger partial charge in [0.2, 0.25) is 0 Å². The molecule has 0 saturated heterocycles. The second kappa shape index (κ2) is 9.73. The summed E-state index contributed by atoms with van der Waals surface area (Å²) in [6, 6.07) is -0.253. The van der Waals surface area contributed by atoms with Crippen molar-refractivity contribution in [2.75, 3.05) is 18.6 Å². The number of ketones is 2. The van der Waals surface area contributed by atoms with Crippen molar-refractivity contribution >= 4 is 40.8 Å². The van der Waals surface area contributed by atoms with Gasteiger partial charge in [0.05, 0.1) is 6.04 Å². The van der Waals surface area contributed by atoms with Crippen LogP contribution in [0.5, 0.6) is 0 Å². The van der Waals surface area contributed by atoms with Gasteiger partial charge in [0.25, 0.3) is 0 Å². The highest BCUT2D eigenvalue weighted by Gasteiger charge is 2.33. The highest BCUT2D eigenvalue weighted by atomic mass is 32.2. The fourth-order valence-electron chi connectivity index (χ4n) is 2.22. The predicted molar refractivity (Wildman–Crippen MR) is 98.5 cm³/mol. The molecule has 0 aromatic rings. The van der Waals surface area contributed by atoms with E-state index in [4.69, 9.17) is 0 Å². The molecule has 1 saturated carbocycles. The minimum Gasteiger partial charge on any atom is -0.310 e. The van der Waals surface area contributed by atoms with E-state index in [9.17, 15) is 9.59 Å². The van der Waals surface area contributed by atoms with E-state index in [1.807, 2.05) is 44.4 Å². The average molecular weight is 345 g/mol.